The fraction of sp³-hybridized carbons (Fsp3) is 1.00. The number of hydrogen-bond donors (Lipinski definition) is 0. The van der Waals surface area contributed by atoms with E-state index in [2.05, 4.69) is 43.6 Å². The minimum absolute atomic E-state index is 0.862. The smallest absolute Gasteiger partial charge is 0.00596 e. The van der Waals surface area contributed by atoms with Crippen LogP contribution in [0.2, 0.25) is 0 Å². The molecule has 0 unspecified atom stereocenters. The Morgan fingerprint density at radius 3 is 1.38 bits per heavy atom. The predicted octanol–water partition coefficient (Wildman–Crippen LogP) is 4.87. The van der Waals surface area contributed by atoms with Crippen LogP contribution < -0.4 is 0 Å². The van der Waals surface area contributed by atoms with E-state index < -0.39 is 0 Å². The molecule has 0 radical (unpaired) electrons. The summed E-state index contributed by atoms with van der Waals surface area (Å²) >= 11 is 3.62. The third kappa shape index (κ3) is 8.80. The van der Waals surface area contributed by atoms with Crippen molar-refractivity contribution in [2.75, 3.05) is 5.33 Å². The van der Waals surface area contributed by atoms with Gasteiger partial charge in [-0.15, -0.1) is 0 Å². The van der Waals surface area contributed by atoms with Gasteiger partial charge in [0.15, 0.2) is 0 Å². The summed E-state index contributed by atoms with van der Waals surface area (Å²) in [5, 5.41) is 1.19. The van der Waals surface area contributed by atoms with Crippen molar-refractivity contribution in [3.05, 3.63) is 0 Å². The highest BCUT2D eigenvalue weighted by Gasteiger charge is 2.08. The molecule has 0 spiro atoms. The molecule has 0 aromatic carbocycles. The van der Waals surface area contributed by atoms with Gasteiger partial charge in [0.05, 0.1) is 0 Å². The van der Waals surface area contributed by atoms with E-state index in [4.69, 9.17) is 0 Å². The fourth-order valence-electron chi connectivity index (χ4n) is 1.44. The van der Waals surface area contributed by atoms with E-state index in [9.17, 15) is 0 Å². The lowest BCUT2D eigenvalue weighted by Crippen LogP contribution is -2.05. The van der Waals surface area contributed by atoms with Crippen LogP contribution in [0.25, 0.3) is 0 Å². The van der Waals surface area contributed by atoms with Crippen LogP contribution in [0.15, 0.2) is 0 Å². The molecule has 0 fully saturated rings. The molecule has 0 N–H and O–H groups in total. The van der Waals surface area contributed by atoms with Crippen LogP contribution in [0.3, 0.4) is 0 Å². The van der Waals surface area contributed by atoms with Crippen molar-refractivity contribution in [2.24, 2.45) is 17.8 Å². The molecule has 0 aromatic heterocycles. The van der Waals surface area contributed by atoms with Gasteiger partial charge in [-0.3, -0.25) is 0 Å². The van der Waals surface area contributed by atoms with E-state index in [1.165, 1.54) is 31.0 Å². The molecule has 0 aliphatic heterocycles. The van der Waals surface area contributed by atoms with Crippen molar-refractivity contribution in [1.82, 2.24) is 0 Å². The Bertz CT molecular complexity index is 95.7. The summed E-state index contributed by atoms with van der Waals surface area (Å²) in [6.45, 7) is 9.25. The van der Waals surface area contributed by atoms with Gasteiger partial charge in [-0.1, -0.05) is 56.5 Å². The normalized spacial score (nSPS) is 12.0. The Labute approximate surface area is 92.6 Å². The van der Waals surface area contributed by atoms with Gasteiger partial charge in [-0.25, -0.2) is 0 Å². The minimum atomic E-state index is 0.862. The lowest BCUT2D eigenvalue weighted by molar-refractivity contribution is 0.399. The lowest BCUT2D eigenvalue weighted by atomic mass is 9.93. The summed E-state index contributed by atoms with van der Waals surface area (Å²) in [4.78, 5) is 0. The van der Waals surface area contributed by atoms with E-state index in [1.807, 2.05) is 0 Å². The van der Waals surface area contributed by atoms with Crippen LogP contribution in [0.1, 0.15) is 53.4 Å². The zero-order chi connectivity index (χ0) is 10.3. The molecule has 80 valence electrons. The highest BCUT2D eigenvalue weighted by molar-refractivity contribution is 9.09. The minimum Gasteiger partial charge on any atom is -0.0925 e. The van der Waals surface area contributed by atoms with Crippen LogP contribution in [-0.4, -0.2) is 5.33 Å². The molecule has 0 aliphatic rings. The number of halogens is 1. The van der Waals surface area contributed by atoms with E-state index in [0.717, 1.165) is 17.8 Å². The van der Waals surface area contributed by atoms with Crippen molar-refractivity contribution in [1.29, 1.82) is 0 Å². The van der Waals surface area contributed by atoms with Gasteiger partial charge in [0.2, 0.25) is 0 Å². The topological polar surface area (TPSA) is 0 Å². The molecule has 0 saturated carbocycles. The molecular formula is C12H25Br. The molecular weight excluding hydrogens is 224 g/mol. The maximum absolute atomic E-state index is 3.62. The third-order valence-electron chi connectivity index (χ3n) is 2.52. The van der Waals surface area contributed by atoms with Gasteiger partial charge in [-0.2, -0.15) is 0 Å². The van der Waals surface area contributed by atoms with Crippen molar-refractivity contribution < 1.29 is 0 Å². The molecule has 0 heterocycles. The van der Waals surface area contributed by atoms with Crippen LogP contribution >= 0.6 is 15.9 Å². The molecule has 0 aromatic rings. The second-order valence-corrected chi connectivity index (χ2v) is 5.61. The average Bonchev–Trinajstić information content (AvgIpc) is 2.04. The van der Waals surface area contributed by atoms with Crippen LogP contribution in [0.4, 0.5) is 0 Å². The first kappa shape index (κ1) is 13.5. The highest BCUT2D eigenvalue weighted by atomic mass is 79.9. The number of alkyl halides is 1. The second-order valence-electron chi connectivity index (χ2n) is 4.96. The van der Waals surface area contributed by atoms with E-state index in [0.29, 0.717) is 0 Å². The molecule has 0 aliphatic carbocycles. The highest BCUT2D eigenvalue weighted by Crippen LogP contribution is 2.21. The van der Waals surface area contributed by atoms with Crippen molar-refractivity contribution in [3.63, 3.8) is 0 Å². The van der Waals surface area contributed by atoms with Crippen molar-refractivity contribution in [2.45, 2.75) is 53.4 Å². The monoisotopic (exact) mass is 248 g/mol. The molecule has 0 atom stereocenters. The van der Waals surface area contributed by atoms with Crippen molar-refractivity contribution >= 4 is 15.9 Å². The first-order valence-corrected chi connectivity index (χ1v) is 6.74. The Morgan fingerprint density at radius 1 is 0.769 bits per heavy atom. The molecule has 1 heteroatoms. The second kappa shape index (κ2) is 7.84. The number of rotatable bonds is 7. The van der Waals surface area contributed by atoms with Crippen LogP contribution in [0.5, 0.6) is 0 Å². The first-order chi connectivity index (χ1) is 6.06. The summed E-state index contributed by atoms with van der Waals surface area (Å²) in [6.07, 6.45) is 5.56. The Balaban J connectivity index is 3.51. The van der Waals surface area contributed by atoms with Gasteiger partial charge < -0.3 is 0 Å². The molecule has 0 amide bonds. The summed E-state index contributed by atoms with van der Waals surface area (Å²) in [6, 6.07) is 0. The van der Waals surface area contributed by atoms with Crippen LogP contribution in [-0.2, 0) is 0 Å². The van der Waals surface area contributed by atoms with Gasteiger partial charge >= 0.3 is 0 Å². The van der Waals surface area contributed by atoms with Crippen LogP contribution in [0, 0.1) is 17.8 Å². The molecule has 0 rings (SSSR count). The maximum Gasteiger partial charge on any atom is 0.00596 e. The summed E-state index contributed by atoms with van der Waals surface area (Å²) < 4.78 is 0. The summed E-state index contributed by atoms with van der Waals surface area (Å²) in [5.74, 6) is 2.63. The summed E-state index contributed by atoms with van der Waals surface area (Å²) in [5.41, 5.74) is 0. The number of hydrogen-bond acceptors (Lipinski definition) is 0. The summed E-state index contributed by atoms with van der Waals surface area (Å²) in [7, 11) is 0. The Hall–Kier alpha value is 0.480. The zero-order valence-electron chi connectivity index (χ0n) is 9.65. The van der Waals surface area contributed by atoms with Gasteiger partial charge in [0.25, 0.3) is 0 Å². The van der Waals surface area contributed by atoms with Gasteiger partial charge in [-0.05, 0) is 30.6 Å². The van der Waals surface area contributed by atoms with Crippen molar-refractivity contribution in [3.8, 4) is 0 Å². The molecule has 13 heavy (non-hydrogen) atoms. The first-order valence-electron chi connectivity index (χ1n) is 5.62. The van der Waals surface area contributed by atoms with Gasteiger partial charge in [0.1, 0.15) is 0 Å². The fourth-order valence-corrected chi connectivity index (χ4v) is 2.08. The lowest BCUT2D eigenvalue weighted by Gasteiger charge is -2.16. The predicted molar refractivity (Wildman–Crippen MR) is 65.4 cm³/mol. The Morgan fingerprint density at radius 2 is 1.15 bits per heavy atom. The third-order valence-corrected chi connectivity index (χ3v) is 3.44. The molecule has 0 nitrogen and oxygen atoms in total. The van der Waals surface area contributed by atoms with E-state index in [-0.39, 0.29) is 0 Å². The largest absolute Gasteiger partial charge is 0.0925 e. The zero-order valence-corrected chi connectivity index (χ0v) is 11.2. The average molecular weight is 249 g/mol. The standard InChI is InChI=1S/C12H25Br/c1-10(2)5-7-12(9-13)8-6-11(3)4/h10-12H,5-9H2,1-4H3. The molecule has 0 saturated heterocycles. The van der Waals surface area contributed by atoms with E-state index >= 15 is 0 Å². The quantitative estimate of drug-likeness (QED) is 0.565. The SMILES string of the molecule is CC(C)CCC(CBr)CCC(C)C. The Kier molecular flexibility index (Phi) is 8.13. The molecule has 0 bridgehead atoms. The van der Waals surface area contributed by atoms with Gasteiger partial charge in [0, 0.05) is 5.33 Å². The van der Waals surface area contributed by atoms with E-state index in [1.54, 1.807) is 0 Å². The maximum atomic E-state index is 3.62.